The third-order valence-electron chi connectivity index (χ3n) is 5.23. The van der Waals surface area contributed by atoms with E-state index in [2.05, 4.69) is 9.97 Å². The third-order valence-corrected chi connectivity index (χ3v) is 5.23. The summed E-state index contributed by atoms with van der Waals surface area (Å²) in [5.74, 6) is -0.276. The van der Waals surface area contributed by atoms with Crippen LogP contribution in [-0.4, -0.2) is 32.4 Å². The number of halogens is 2. The van der Waals surface area contributed by atoms with Crippen molar-refractivity contribution in [3.8, 4) is 5.69 Å². The number of aryl methyl sites for hydroxylation is 2. The summed E-state index contributed by atoms with van der Waals surface area (Å²) in [5.41, 5.74) is 2.50. The first kappa shape index (κ1) is 21.4. The van der Waals surface area contributed by atoms with E-state index in [9.17, 15) is 13.6 Å². The number of pyridine rings is 1. The summed E-state index contributed by atoms with van der Waals surface area (Å²) >= 11 is 0. The molecule has 2 aromatic heterocycles. The number of carbonyl (C=O) groups is 1. The maximum absolute atomic E-state index is 14.1. The summed E-state index contributed by atoms with van der Waals surface area (Å²) < 4.78 is 29.3. The molecule has 32 heavy (non-hydrogen) atoms. The van der Waals surface area contributed by atoms with Crippen LogP contribution in [0.25, 0.3) is 5.69 Å². The molecular formula is C25H22F2N4O. The lowest BCUT2D eigenvalue weighted by atomic mass is 10.1. The number of rotatable bonds is 7. The number of amides is 1. The lowest BCUT2D eigenvalue weighted by Gasteiger charge is -2.19. The number of imidazole rings is 1. The SMILES string of the molecule is CN(Cc1ccncc1)C(=O)c1cnc(CCc2ccccc2F)n1-c1ccc(F)cc1. The Balaban J connectivity index is 1.65. The molecule has 0 fully saturated rings. The summed E-state index contributed by atoms with van der Waals surface area (Å²) in [4.78, 5) is 23.3. The monoisotopic (exact) mass is 432 g/mol. The lowest BCUT2D eigenvalue weighted by molar-refractivity contribution is 0.0777. The smallest absolute Gasteiger partial charge is 0.272 e. The first-order valence-electron chi connectivity index (χ1n) is 10.2. The van der Waals surface area contributed by atoms with Crippen molar-refractivity contribution in [2.75, 3.05) is 7.05 Å². The van der Waals surface area contributed by atoms with Crippen LogP contribution in [0.15, 0.2) is 79.3 Å². The molecule has 0 bridgehead atoms. The Bertz CT molecular complexity index is 1210. The van der Waals surface area contributed by atoms with Crippen molar-refractivity contribution in [2.45, 2.75) is 19.4 Å². The highest BCUT2D eigenvalue weighted by atomic mass is 19.1. The zero-order valence-corrected chi connectivity index (χ0v) is 17.6. The Morgan fingerprint density at radius 1 is 0.969 bits per heavy atom. The predicted molar refractivity (Wildman–Crippen MR) is 117 cm³/mol. The first-order valence-corrected chi connectivity index (χ1v) is 10.2. The summed E-state index contributed by atoms with van der Waals surface area (Å²) in [6, 6.07) is 16.2. The molecule has 0 aliphatic rings. The van der Waals surface area contributed by atoms with Crippen molar-refractivity contribution >= 4 is 5.91 Å². The Labute approximate surface area is 185 Å². The van der Waals surface area contributed by atoms with Crippen molar-refractivity contribution in [3.05, 3.63) is 114 Å². The van der Waals surface area contributed by atoms with E-state index in [0.717, 1.165) is 5.56 Å². The van der Waals surface area contributed by atoms with Crippen molar-refractivity contribution in [3.63, 3.8) is 0 Å². The van der Waals surface area contributed by atoms with E-state index in [1.807, 2.05) is 12.1 Å². The molecule has 0 atom stereocenters. The normalized spacial score (nSPS) is 10.8. The molecule has 7 heteroatoms. The van der Waals surface area contributed by atoms with Crippen LogP contribution in [0.5, 0.6) is 0 Å². The zero-order valence-electron chi connectivity index (χ0n) is 17.6. The van der Waals surface area contributed by atoms with E-state index in [1.165, 1.54) is 24.4 Å². The first-order chi connectivity index (χ1) is 15.5. The molecule has 0 aliphatic heterocycles. The number of hydrogen-bond donors (Lipinski definition) is 0. The van der Waals surface area contributed by atoms with Crippen LogP contribution in [0, 0.1) is 11.6 Å². The van der Waals surface area contributed by atoms with E-state index in [0.29, 0.717) is 42.2 Å². The van der Waals surface area contributed by atoms with Gasteiger partial charge in [-0.25, -0.2) is 13.8 Å². The summed E-state index contributed by atoms with van der Waals surface area (Å²) in [6.07, 6.45) is 5.71. The second-order valence-electron chi connectivity index (χ2n) is 7.48. The van der Waals surface area contributed by atoms with Gasteiger partial charge in [0.05, 0.1) is 6.20 Å². The molecule has 0 N–H and O–H groups in total. The van der Waals surface area contributed by atoms with E-state index >= 15 is 0 Å². The van der Waals surface area contributed by atoms with Crippen LogP contribution in [0.3, 0.4) is 0 Å². The molecule has 5 nitrogen and oxygen atoms in total. The van der Waals surface area contributed by atoms with Crippen molar-refractivity contribution < 1.29 is 13.6 Å². The summed E-state index contributed by atoms with van der Waals surface area (Å²) in [5, 5.41) is 0. The molecule has 2 aromatic carbocycles. The number of hydrogen-bond acceptors (Lipinski definition) is 3. The molecular weight excluding hydrogens is 410 g/mol. The second-order valence-corrected chi connectivity index (χ2v) is 7.48. The molecule has 4 rings (SSSR count). The second kappa shape index (κ2) is 9.51. The fourth-order valence-corrected chi connectivity index (χ4v) is 3.57. The van der Waals surface area contributed by atoms with E-state index in [-0.39, 0.29) is 17.5 Å². The topological polar surface area (TPSA) is 51.0 Å². The third kappa shape index (κ3) is 4.72. The quantitative estimate of drug-likeness (QED) is 0.429. The van der Waals surface area contributed by atoms with Gasteiger partial charge in [-0.15, -0.1) is 0 Å². The number of nitrogens with zero attached hydrogens (tertiary/aromatic N) is 4. The van der Waals surface area contributed by atoms with Crippen LogP contribution in [0.2, 0.25) is 0 Å². The highest BCUT2D eigenvalue weighted by Gasteiger charge is 2.21. The molecule has 0 saturated carbocycles. The van der Waals surface area contributed by atoms with Crippen molar-refractivity contribution in [1.82, 2.24) is 19.4 Å². The van der Waals surface area contributed by atoms with Gasteiger partial charge in [0.1, 0.15) is 23.2 Å². The van der Waals surface area contributed by atoms with Gasteiger partial charge in [0.2, 0.25) is 0 Å². The van der Waals surface area contributed by atoms with Gasteiger partial charge in [-0.1, -0.05) is 18.2 Å². The van der Waals surface area contributed by atoms with Gasteiger partial charge >= 0.3 is 0 Å². The van der Waals surface area contributed by atoms with Gasteiger partial charge in [-0.3, -0.25) is 14.3 Å². The minimum atomic E-state index is -0.371. The fourth-order valence-electron chi connectivity index (χ4n) is 3.57. The minimum absolute atomic E-state index is 0.226. The van der Waals surface area contributed by atoms with Crippen LogP contribution in [0.4, 0.5) is 8.78 Å². The average Bonchev–Trinajstić information content (AvgIpc) is 3.23. The Morgan fingerprint density at radius 2 is 1.69 bits per heavy atom. The Kier molecular flexibility index (Phi) is 6.35. The summed E-state index contributed by atoms with van der Waals surface area (Å²) in [6.45, 7) is 0.403. The largest absolute Gasteiger partial charge is 0.336 e. The van der Waals surface area contributed by atoms with Crippen LogP contribution < -0.4 is 0 Å². The van der Waals surface area contributed by atoms with Crippen molar-refractivity contribution in [2.24, 2.45) is 0 Å². The number of aromatic nitrogens is 3. The maximum atomic E-state index is 14.1. The molecule has 0 saturated heterocycles. The van der Waals surface area contributed by atoms with Gasteiger partial charge in [0.15, 0.2) is 0 Å². The number of benzene rings is 2. The average molecular weight is 432 g/mol. The molecule has 0 radical (unpaired) electrons. The highest BCUT2D eigenvalue weighted by Crippen LogP contribution is 2.20. The number of carbonyl (C=O) groups excluding carboxylic acids is 1. The Hall–Kier alpha value is -3.87. The highest BCUT2D eigenvalue weighted by molar-refractivity contribution is 5.93. The molecule has 1 amide bonds. The van der Waals surface area contributed by atoms with Crippen LogP contribution in [-0.2, 0) is 19.4 Å². The van der Waals surface area contributed by atoms with Gasteiger partial charge < -0.3 is 4.90 Å². The van der Waals surface area contributed by atoms with Crippen LogP contribution in [0.1, 0.15) is 27.4 Å². The molecule has 0 unspecified atom stereocenters. The minimum Gasteiger partial charge on any atom is -0.336 e. The zero-order chi connectivity index (χ0) is 22.5. The van der Waals surface area contributed by atoms with E-state index < -0.39 is 0 Å². The Morgan fingerprint density at radius 3 is 2.41 bits per heavy atom. The van der Waals surface area contributed by atoms with Gasteiger partial charge in [-0.05, 0) is 60.0 Å². The molecule has 2 heterocycles. The van der Waals surface area contributed by atoms with Crippen LogP contribution >= 0.6 is 0 Å². The molecule has 0 spiro atoms. The summed E-state index contributed by atoms with van der Waals surface area (Å²) in [7, 11) is 1.71. The lowest BCUT2D eigenvalue weighted by Crippen LogP contribution is -2.28. The van der Waals surface area contributed by atoms with Gasteiger partial charge in [-0.2, -0.15) is 0 Å². The molecule has 162 valence electrons. The molecule has 0 aliphatic carbocycles. The van der Waals surface area contributed by atoms with E-state index in [1.54, 1.807) is 59.2 Å². The maximum Gasteiger partial charge on any atom is 0.272 e. The molecule has 4 aromatic rings. The van der Waals surface area contributed by atoms with E-state index in [4.69, 9.17) is 0 Å². The van der Waals surface area contributed by atoms with Crippen molar-refractivity contribution in [1.29, 1.82) is 0 Å². The van der Waals surface area contributed by atoms with Gasteiger partial charge in [0.25, 0.3) is 5.91 Å². The fraction of sp³-hybridized carbons (Fsp3) is 0.160. The predicted octanol–water partition coefficient (Wildman–Crippen LogP) is 4.60. The standard InChI is InChI=1S/C25H22F2N4O/c1-30(17-18-12-14-28-15-13-18)25(32)23-16-29-24(11-6-19-4-2-3-5-22(19)27)31(23)21-9-7-20(26)8-10-21/h2-5,7-10,12-16H,6,11,17H2,1H3. The van der Waals surface area contributed by atoms with Gasteiger partial charge in [0, 0.05) is 38.1 Å².